The number of nitrogens with one attached hydrogen (secondary N) is 1. The first-order valence-electron chi connectivity index (χ1n) is 9.43. The van der Waals surface area contributed by atoms with Crippen LogP contribution in [0.25, 0.3) is 11.3 Å². The third-order valence-corrected chi connectivity index (χ3v) is 5.79. The van der Waals surface area contributed by atoms with Crippen molar-refractivity contribution >= 4 is 40.1 Å². The van der Waals surface area contributed by atoms with Crippen molar-refractivity contribution in [1.82, 2.24) is 15.0 Å². The molecular formula is C21H22N4O3S2. The summed E-state index contributed by atoms with van der Waals surface area (Å²) in [7, 11) is 0. The molecule has 1 aromatic carbocycles. The molecule has 0 spiro atoms. The maximum absolute atomic E-state index is 12.6. The first kappa shape index (κ1) is 21.9. The van der Waals surface area contributed by atoms with Gasteiger partial charge in [0.15, 0.2) is 5.13 Å². The second-order valence-electron chi connectivity index (χ2n) is 6.38. The van der Waals surface area contributed by atoms with Crippen LogP contribution in [0.5, 0.6) is 0 Å². The number of carbonyl (C=O) groups excluding carboxylic acids is 2. The zero-order valence-corrected chi connectivity index (χ0v) is 18.5. The first-order chi connectivity index (χ1) is 14.4. The van der Waals surface area contributed by atoms with Gasteiger partial charge in [0, 0.05) is 10.9 Å². The zero-order chi connectivity index (χ0) is 21.5. The van der Waals surface area contributed by atoms with E-state index in [1.807, 2.05) is 50.2 Å². The summed E-state index contributed by atoms with van der Waals surface area (Å²) in [6.07, 6.45) is 0.0903. The Morgan fingerprint density at radius 1 is 1.20 bits per heavy atom. The van der Waals surface area contributed by atoms with Crippen molar-refractivity contribution in [2.24, 2.45) is 0 Å². The summed E-state index contributed by atoms with van der Waals surface area (Å²) < 4.78 is 4.91. The van der Waals surface area contributed by atoms with Crippen LogP contribution in [0.1, 0.15) is 25.4 Å². The normalized spacial score (nSPS) is 11.7. The van der Waals surface area contributed by atoms with E-state index in [0.29, 0.717) is 23.3 Å². The zero-order valence-electron chi connectivity index (χ0n) is 16.9. The largest absolute Gasteiger partial charge is 0.466 e. The molecular weight excluding hydrogens is 420 g/mol. The van der Waals surface area contributed by atoms with Gasteiger partial charge in [-0.25, -0.2) is 15.0 Å². The number of anilines is 1. The molecule has 0 bridgehead atoms. The van der Waals surface area contributed by atoms with Crippen molar-refractivity contribution in [2.45, 2.75) is 37.5 Å². The number of esters is 1. The van der Waals surface area contributed by atoms with Crippen LogP contribution in [-0.2, 0) is 20.7 Å². The molecule has 0 saturated carbocycles. The highest BCUT2D eigenvalue weighted by atomic mass is 32.2. The highest BCUT2D eigenvalue weighted by molar-refractivity contribution is 8.00. The van der Waals surface area contributed by atoms with E-state index < -0.39 is 0 Å². The first-order valence-corrected chi connectivity index (χ1v) is 11.2. The number of thioether (sulfide) groups is 1. The van der Waals surface area contributed by atoms with E-state index in [4.69, 9.17) is 4.74 Å². The molecule has 0 aliphatic rings. The van der Waals surface area contributed by atoms with E-state index in [1.165, 1.54) is 23.1 Å². The van der Waals surface area contributed by atoms with Crippen LogP contribution in [0, 0.1) is 6.92 Å². The van der Waals surface area contributed by atoms with Crippen LogP contribution in [-0.4, -0.2) is 38.7 Å². The minimum atomic E-state index is -0.389. The lowest BCUT2D eigenvalue weighted by Crippen LogP contribution is -2.22. The van der Waals surface area contributed by atoms with Crippen LogP contribution in [0.3, 0.4) is 0 Å². The van der Waals surface area contributed by atoms with Gasteiger partial charge in [-0.05, 0) is 26.8 Å². The van der Waals surface area contributed by atoms with E-state index >= 15 is 0 Å². The molecule has 0 saturated heterocycles. The fraction of sp³-hybridized carbons (Fsp3) is 0.286. The monoisotopic (exact) mass is 442 g/mol. The second-order valence-corrected chi connectivity index (χ2v) is 8.60. The standard InChI is InChI=1S/C21H22N4O3S2/c1-4-28-19(26)10-16-12-29-21(24-16)25-20(27)13(2)30-18-11-17(22-14(3)23-18)15-8-6-5-7-9-15/h5-9,11-13H,4,10H2,1-3H3,(H,24,25,27). The average Bonchev–Trinajstić information content (AvgIpc) is 3.15. The van der Waals surface area contributed by atoms with Gasteiger partial charge in [0.05, 0.1) is 29.7 Å². The average molecular weight is 443 g/mol. The van der Waals surface area contributed by atoms with Crippen LogP contribution in [0.15, 0.2) is 46.8 Å². The molecule has 3 rings (SSSR count). The topological polar surface area (TPSA) is 94.1 Å². The van der Waals surface area contributed by atoms with E-state index in [9.17, 15) is 9.59 Å². The third-order valence-electron chi connectivity index (χ3n) is 3.96. The number of hydrogen-bond acceptors (Lipinski definition) is 8. The van der Waals surface area contributed by atoms with Crippen molar-refractivity contribution in [2.75, 3.05) is 11.9 Å². The fourth-order valence-corrected chi connectivity index (χ4v) is 4.21. The number of hydrogen-bond donors (Lipinski definition) is 1. The highest BCUT2D eigenvalue weighted by Gasteiger charge is 2.18. The molecule has 0 fully saturated rings. The lowest BCUT2D eigenvalue weighted by Gasteiger charge is -2.11. The number of carbonyl (C=O) groups is 2. The molecule has 1 atom stereocenters. The van der Waals surface area contributed by atoms with Crippen molar-refractivity contribution in [1.29, 1.82) is 0 Å². The molecule has 1 unspecified atom stereocenters. The molecule has 0 aliphatic carbocycles. The number of benzene rings is 1. The van der Waals surface area contributed by atoms with Gasteiger partial charge in [-0.3, -0.25) is 9.59 Å². The maximum atomic E-state index is 12.6. The van der Waals surface area contributed by atoms with Crippen LogP contribution < -0.4 is 5.32 Å². The van der Waals surface area contributed by atoms with Gasteiger partial charge >= 0.3 is 5.97 Å². The van der Waals surface area contributed by atoms with E-state index in [0.717, 1.165) is 16.3 Å². The van der Waals surface area contributed by atoms with E-state index in [-0.39, 0.29) is 23.5 Å². The number of aryl methyl sites for hydroxylation is 1. The van der Waals surface area contributed by atoms with Gasteiger partial charge in [-0.15, -0.1) is 11.3 Å². The Morgan fingerprint density at radius 2 is 1.97 bits per heavy atom. The molecule has 3 aromatic rings. The highest BCUT2D eigenvalue weighted by Crippen LogP contribution is 2.27. The molecule has 30 heavy (non-hydrogen) atoms. The Bertz CT molecular complexity index is 1020. The van der Waals surface area contributed by atoms with E-state index in [1.54, 1.807) is 12.3 Å². The molecule has 7 nitrogen and oxygen atoms in total. The Kier molecular flexibility index (Phi) is 7.53. The van der Waals surface area contributed by atoms with Crippen LogP contribution in [0.4, 0.5) is 5.13 Å². The van der Waals surface area contributed by atoms with Crippen LogP contribution >= 0.6 is 23.1 Å². The van der Waals surface area contributed by atoms with Gasteiger partial charge in [0.1, 0.15) is 10.9 Å². The van der Waals surface area contributed by atoms with Gasteiger partial charge in [-0.1, -0.05) is 42.1 Å². The van der Waals surface area contributed by atoms with Crippen molar-refractivity contribution in [3.8, 4) is 11.3 Å². The quantitative estimate of drug-likeness (QED) is 0.318. The summed E-state index contributed by atoms with van der Waals surface area (Å²) in [5.74, 6) is 0.127. The molecule has 1 N–H and O–H groups in total. The molecule has 1 amide bonds. The summed E-state index contributed by atoms with van der Waals surface area (Å²) in [4.78, 5) is 37.4. The maximum Gasteiger partial charge on any atom is 0.311 e. The summed E-state index contributed by atoms with van der Waals surface area (Å²) >= 11 is 2.64. The number of nitrogens with zero attached hydrogens (tertiary/aromatic N) is 3. The predicted octanol–water partition coefficient (Wildman–Crippen LogP) is 4.13. The van der Waals surface area contributed by atoms with Crippen molar-refractivity contribution in [3.05, 3.63) is 53.3 Å². The molecule has 2 aromatic heterocycles. The van der Waals surface area contributed by atoms with Crippen LogP contribution in [0.2, 0.25) is 0 Å². The predicted molar refractivity (Wildman–Crippen MR) is 119 cm³/mol. The number of thiazole rings is 1. The molecule has 9 heteroatoms. The molecule has 156 valence electrons. The minimum absolute atomic E-state index is 0.0903. The lowest BCUT2D eigenvalue weighted by atomic mass is 10.1. The molecule has 2 heterocycles. The number of ether oxygens (including phenoxy) is 1. The summed E-state index contributed by atoms with van der Waals surface area (Å²) in [5, 5.41) is 5.33. The minimum Gasteiger partial charge on any atom is -0.466 e. The smallest absolute Gasteiger partial charge is 0.311 e. The summed E-state index contributed by atoms with van der Waals surface area (Å²) in [5.41, 5.74) is 2.40. The third kappa shape index (κ3) is 6.11. The lowest BCUT2D eigenvalue weighted by molar-refractivity contribution is -0.142. The second kappa shape index (κ2) is 10.3. The van der Waals surface area contributed by atoms with Crippen molar-refractivity contribution < 1.29 is 14.3 Å². The molecule has 0 aliphatic heterocycles. The molecule has 0 radical (unpaired) electrons. The number of aromatic nitrogens is 3. The summed E-state index contributed by atoms with van der Waals surface area (Å²) in [6, 6.07) is 11.7. The summed E-state index contributed by atoms with van der Waals surface area (Å²) in [6.45, 7) is 5.73. The Labute approximate surface area is 183 Å². The van der Waals surface area contributed by atoms with Gasteiger partial charge in [-0.2, -0.15) is 0 Å². The Morgan fingerprint density at radius 3 is 2.70 bits per heavy atom. The van der Waals surface area contributed by atoms with Gasteiger partial charge in [0.25, 0.3) is 0 Å². The number of amides is 1. The Hall–Kier alpha value is -2.78. The van der Waals surface area contributed by atoms with E-state index in [2.05, 4.69) is 20.3 Å². The van der Waals surface area contributed by atoms with Gasteiger partial charge in [0.2, 0.25) is 5.91 Å². The fourth-order valence-electron chi connectivity index (χ4n) is 2.60. The number of rotatable bonds is 8. The SMILES string of the molecule is CCOC(=O)Cc1csc(NC(=O)C(C)Sc2cc(-c3ccccc3)nc(C)n2)n1. The van der Waals surface area contributed by atoms with Crippen molar-refractivity contribution in [3.63, 3.8) is 0 Å². The Balaban J connectivity index is 1.63. The van der Waals surface area contributed by atoms with Gasteiger partial charge < -0.3 is 10.1 Å².